The number of fused-ring (bicyclic) bond motifs is 1. The number of carbonyl (C=O) groups excluding carboxylic acids is 3. The molecule has 1 aromatic rings. The summed E-state index contributed by atoms with van der Waals surface area (Å²) in [5.41, 5.74) is 0.560. The van der Waals surface area contributed by atoms with Crippen LogP contribution >= 0.6 is 11.6 Å². The molecule has 3 rings (SSSR count). The van der Waals surface area contributed by atoms with Crippen molar-refractivity contribution in [3.8, 4) is 0 Å². The van der Waals surface area contributed by atoms with Gasteiger partial charge in [-0.2, -0.15) is 0 Å². The van der Waals surface area contributed by atoms with Gasteiger partial charge in [0, 0.05) is 16.6 Å². The van der Waals surface area contributed by atoms with E-state index in [0.717, 1.165) is 12.8 Å². The van der Waals surface area contributed by atoms with Gasteiger partial charge < -0.3 is 20.1 Å². The lowest BCUT2D eigenvalue weighted by molar-refractivity contribution is -0.156. The van der Waals surface area contributed by atoms with Gasteiger partial charge in [0.2, 0.25) is 11.8 Å². The lowest BCUT2D eigenvalue weighted by Crippen LogP contribution is -2.51. The van der Waals surface area contributed by atoms with Crippen LogP contribution in [-0.2, 0) is 19.1 Å². The first-order chi connectivity index (χ1) is 16.7. The molecule has 0 bridgehead atoms. The molecule has 1 heterocycles. The predicted molar refractivity (Wildman–Crippen MR) is 136 cm³/mol. The van der Waals surface area contributed by atoms with Crippen LogP contribution < -0.4 is 5.32 Å². The Kier molecular flexibility index (Phi) is 9.36. The molecule has 1 saturated heterocycles. The van der Waals surface area contributed by atoms with E-state index in [9.17, 15) is 19.5 Å². The fourth-order valence-corrected chi connectivity index (χ4v) is 5.70. The molecule has 6 atom stereocenters. The van der Waals surface area contributed by atoms with Gasteiger partial charge in [0.15, 0.2) is 0 Å². The summed E-state index contributed by atoms with van der Waals surface area (Å²) in [6.45, 7) is 7.77. The molecule has 1 aliphatic carbocycles. The number of hydrogen-bond donors (Lipinski definition) is 2. The summed E-state index contributed by atoms with van der Waals surface area (Å²) >= 11 is 5.98. The highest BCUT2D eigenvalue weighted by Gasteiger charge is 2.58. The average Bonchev–Trinajstić information content (AvgIpc) is 3.11. The van der Waals surface area contributed by atoms with Crippen LogP contribution in [0.25, 0.3) is 0 Å². The second kappa shape index (κ2) is 12.0. The maximum atomic E-state index is 14.0. The Hall–Kier alpha value is -2.38. The van der Waals surface area contributed by atoms with Crippen LogP contribution in [0.5, 0.6) is 0 Å². The lowest BCUT2D eigenvalue weighted by Gasteiger charge is -2.34. The summed E-state index contributed by atoms with van der Waals surface area (Å²) in [5.74, 6) is -2.83. The lowest BCUT2D eigenvalue weighted by atomic mass is 9.69. The number of aliphatic hydroxyl groups excluding tert-OH is 1. The molecule has 0 radical (unpaired) electrons. The molecular formula is C27H37ClN2O5. The van der Waals surface area contributed by atoms with Crippen LogP contribution in [0.2, 0.25) is 5.02 Å². The third-order valence-electron chi connectivity index (χ3n) is 6.96. The van der Waals surface area contributed by atoms with E-state index in [-0.39, 0.29) is 36.9 Å². The van der Waals surface area contributed by atoms with Crippen LogP contribution in [0.1, 0.15) is 47.0 Å². The molecule has 0 unspecified atom stereocenters. The Balaban J connectivity index is 2.04. The molecule has 1 aromatic carbocycles. The summed E-state index contributed by atoms with van der Waals surface area (Å²) in [5, 5.41) is 13.7. The molecular weight excluding hydrogens is 468 g/mol. The molecule has 1 aliphatic heterocycles. The van der Waals surface area contributed by atoms with E-state index in [4.69, 9.17) is 16.3 Å². The summed E-state index contributed by atoms with van der Waals surface area (Å²) < 4.78 is 5.40. The van der Waals surface area contributed by atoms with E-state index in [1.54, 1.807) is 31.2 Å². The van der Waals surface area contributed by atoms with E-state index in [2.05, 4.69) is 5.32 Å². The summed E-state index contributed by atoms with van der Waals surface area (Å²) in [4.78, 5) is 42.3. The number of anilines is 1. The van der Waals surface area contributed by atoms with E-state index in [0.29, 0.717) is 17.1 Å². The number of esters is 1. The Bertz CT molecular complexity index is 932. The van der Waals surface area contributed by atoms with Gasteiger partial charge in [-0.25, -0.2) is 0 Å². The second-order valence-electron chi connectivity index (χ2n) is 9.87. The maximum Gasteiger partial charge on any atom is 0.310 e. The Morgan fingerprint density at radius 2 is 1.86 bits per heavy atom. The first-order valence-electron chi connectivity index (χ1n) is 12.6. The number of allylic oxidation sites excluding steroid dienone is 1. The van der Waals surface area contributed by atoms with E-state index in [1.807, 2.05) is 32.9 Å². The minimum Gasteiger partial charge on any atom is -0.466 e. The van der Waals surface area contributed by atoms with Crippen molar-refractivity contribution >= 4 is 35.1 Å². The van der Waals surface area contributed by atoms with E-state index >= 15 is 0 Å². The molecule has 35 heavy (non-hydrogen) atoms. The van der Waals surface area contributed by atoms with Crippen molar-refractivity contribution in [1.82, 2.24) is 4.90 Å². The molecule has 0 spiro atoms. The monoisotopic (exact) mass is 504 g/mol. The summed E-state index contributed by atoms with van der Waals surface area (Å²) in [6.07, 6.45) is 6.04. The topological polar surface area (TPSA) is 95.9 Å². The largest absolute Gasteiger partial charge is 0.466 e. The van der Waals surface area contributed by atoms with Gasteiger partial charge >= 0.3 is 5.97 Å². The smallest absolute Gasteiger partial charge is 0.310 e. The van der Waals surface area contributed by atoms with Crippen LogP contribution in [0.4, 0.5) is 5.69 Å². The number of likely N-dealkylation sites (tertiary alicyclic amines) is 1. The van der Waals surface area contributed by atoms with E-state index in [1.165, 1.54) is 4.90 Å². The number of halogens is 1. The zero-order valence-electron chi connectivity index (χ0n) is 20.9. The highest BCUT2D eigenvalue weighted by Crippen LogP contribution is 2.46. The van der Waals surface area contributed by atoms with Crippen molar-refractivity contribution in [3.05, 3.63) is 41.4 Å². The minimum absolute atomic E-state index is 0.137. The molecule has 2 N–H and O–H groups in total. The van der Waals surface area contributed by atoms with Crippen molar-refractivity contribution in [3.63, 3.8) is 0 Å². The summed E-state index contributed by atoms with van der Waals surface area (Å²) in [7, 11) is 0. The number of amides is 2. The van der Waals surface area contributed by atoms with Crippen molar-refractivity contribution in [1.29, 1.82) is 0 Å². The fourth-order valence-electron chi connectivity index (χ4n) is 5.58. The van der Waals surface area contributed by atoms with Crippen LogP contribution in [-0.4, -0.2) is 53.1 Å². The van der Waals surface area contributed by atoms with Crippen molar-refractivity contribution < 1.29 is 24.2 Å². The SMILES string of the molecule is CCC[C@@H]1C=C[C@H]2[C@H](C(=O)N([C@@H](CO)CC(C)C)[C@@H]2C(=O)Nc2ccc(Cl)cc2)[C@@H]1C(=O)OCC. The molecule has 2 aliphatic rings. The van der Waals surface area contributed by atoms with Crippen molar-refractivity contribution in [2.75, 3.05) is 18.5 Å². The number of hydrogen-bond acceptors (Lipinski definition) is 5. The first kappa shape index (κ1) is 27.2. The Morgan fingerprint density at radius 3 is 2.43 bits per heavy atom. The highest BCUT2D eigenvalue weighted by molar-refractivity contribution is 6.30. The van der Waals surface area contributed by atoms with Gasteiger partial charge in [0.05, 0.1) is 31.1 Å². The number of nitrogens with one attached hydrogen (secondary N) is 1. The zero-order valence-corrected chi connectivity index (χ0v) is 21.7. The molecule has 7 nitrogen and oxygen atoms in total. The molecule has 8 heteroatoms. The Labute approximate surface area is 212 Å². The first-order valence-corrected chi connectivity index (χ1v) is 13.0. The van der Waals surface area contributed by atoms with Gasteiger partial charge in [0.25, 0.3) is 0 Å². The van der Waals surface area contributed by atoms with Gasteiger partial charge in [-0.15, -0.1) is 0 Å². The molecule has 0 aromatic heterocycles. The quantitative estimate of drug-likeness (QED) is 0.366. The third kappa shape index (κ3) is 5.89. The third-order valence-corrected chi connectivity index (χ3v) is 7.21. The predicted octanol–water partition coefficient (Wildman–Crippen LogP) is 4.29. The van der Waals surface area contributed by atoms with Gasteiger partial charge in [-0.05, 0) is 55.9 Å². The molecule has 2 amide bonds. The number of nitrogens with zero attached hydrogens (tertiary/aromatic N) is 1. The average molecular weight is 505 g/mol. The highest BCUT2D eigenvalue weighted by atomic mass is 35.5. The molecule has 0 saturated carbocycles. The van der Waals surface area contributed by atoms with Gasteiger partial charge in [-0.3, -0.25) is 14.4 Å². The van der Waals surface area contributed by atoms with Crippen LogP contribution in [0.3, 0.4) is 0 Å². The number of aliphatic hydroxyl groups is 1. The van der Waals surface area contributed by atoms with E-state index < -0.39 is 35.8 Å². The number of benzene rings is 1. The number of carbonyl (C=O) groups is 3. The molecule has 192 valence electrons. The number of rotatable bonds is 10. The van der Waals surface area contributed by atoms with Crippen LogP contribution in [0.15, 0.2) is 36.4 Å². The maximum absolute atomic E-state index is 14.0. The van der Waals surface area contributed by atoms with Gasteiger partial charge in [-0.1, -0.05) is 50.9 Å². The Morgan fingerprint density at radius 1 is 1.17 bits per heavy atom. The molecule has 1 fully saturated rings. The minimum atomic E-state index is -0.852. The van der Waals surface area contributed by atoms with Gasteiger partial charge in [0.1, 0.15) is 6.04 Å². The fraction of sp³-hybridized carbons (Fsp3) is 0.593. The van der Waals surface area contributed by atoms with Crippen molar-refractivity contribution in [2.24, 2.45) is 29.6 Å². The number of ether oxygens (including phenoxy) is 1. The normalized spacial score (nSPS) is 26.5. The van der Waals surface area contributed by atoms with Crippen LogP contribution in [0, 0.1) is 29.6 Å². The second-order valence-corrected chi connectivity index (χ2v) is 10.3. The van der Waals surface area contributed by atoms with Crippen molar-refractivity contribution in [2.45, 2.75) is 59.0 Å². The zero-order chi connectivity index (χ0) is 25.7. The summed E-state index contributed by atoms with van der Waals surface area (Å²) in [6, 6.07) is 5.38. The standard InChI is InChI=1S/C27H37ClN2O5/c1-5-7-17-8-13-21-23(22(17)27(34)35-6-2)26(33)30(20(15-31)14-16(3)4)24(21)25(32)29-19-11-9-18(28)10-12-19/h8-13,16-17,20-24,31H,5-7,14-15H2,1-4H3,(H,29,32)/t17-,20-,21+,22-,23+,24+/m1/s1.